The van der Waals surface area contributed by atoms with Crippen LogP contribution in [-0.2, 0) is 0 Å². The Morgan fingerprint density at radius 2 is 2.16 bits per heavy atom. The highest BCUT2D eigenvalue weighted by Crippen LogP contribution is 2.27. The van der Waals surface area contributed by atoms with Crippen LogP contribution in [0.5, 0.6) is 0 Å². The van der Waals surface area contributed by atoms with E-state index in [4.69, 9.17) is 0 Å². The zero-order valence-corrected chi connectivity index (χ0v) is 12.1. The van der Waals surface area contributed by atoms with Gasteiger partial charge in [0.05, 0.1) is 11.9 Å². The van der Waals surface area contributed by atoms with Gasteiger partial charge in [0.25, 0.3) is 0 Å². The molecule has 19 heavy (non-hydrogen) atoms. The summed E-state index contributed by atoms with van der Waals surface area (Å²) < 4.78 is 1.00. The molecule has 98 valence electrons. The first-order valence-corrected chi connectivity index (χ1v) is 6.99. The number of aromatic nitrogens is 3. The molecule has 1 saturated carbocycles. The maximum Gasteiger partial charge on any atom is 0.244 e. The largest absolute Gasteiger partial charge is 0.350 e. The molecule has 1 heterocycles. The molecule has 1 aliphatic rings. The molecule has 1 aliphatic carbocycles. The van der Waals surface area contributed by atoms with Crippen molar-refractivity contribution in [1.82, 2.24) is 15.2 Å². The molecule has 0 atom stereocenters. The molecule has 6 heteroatoms. The van der Waals surface area contributed by atoms with E-state index in [1.807, 2.05) is 12.1 Å². The van der Waals surface area contributed by atoms with E-state index in [-0.39, 0.29) is 0 Å². The van der Waals surface area contributed by atoms with Crippen molar-refractivity contribution in [3.05, 3.63) is 34.4 Å². The van der Waals surface area contributed by atoms with Crippen molar-refractivity contribution in [3.8, 4) is 0 Å². The van der Waals surface area contributed by atoms with Gasteiger partial charge in [0.15, 0.2) is 5.82 Å². The van der Waals surface area contributed by atoms with E-state index in [1.54, 1.807) is 6.20 Å². The van der Waals surface area contributed by atoms with Crippen LogP contribution in [0.15, 0.2) is 28.9 Å². The standard InChI is InChI=1S/C13H14BrN5/c1-8-2-5-11(10(14)6-8)17-12-7-15-19-13(18-12)16-9-3-4-9/h2,5-7,9H,3-4H2,1H3,(H2,16,17,18,19). The Morgan fingerprint density at radius 3 is 2.89 bits per heavy atom. The Bertz CT molecular complexity index is 597. The van der Waals surface area contributed by atoms with Crippen LogP contribution in [0, 0.1) is 6.92 Å². The Hall–Kier alpha value is -1.69. The molecule has 0 saturated heterocycles. The summed E-state index contributed by atoms with van der Waals surface area (Å²) in [6.45, 7) is 2.05. The third-order valence-electron chi connectivity index (χ3n) is 2.86. The van der Waals surface area contributed by atoms with Gasteiger partial charge >= 0.3 is 0 Å². The number of hydrogen-bond donors (Lipinski definition) is 2. The van der Waals surface area contributed by atoms with Crippen LogP contribution in [0.2, 0.25) is 0 Å². The van der Waals surface area contributed by atoms with Gasteiger partial charge in [-0.2, -0.15) is 10.1 Å². The lowest BCUT2D eigenvalue weighted by Crippen LogP contribution is -2.07. The first kappa shape index (κ1) is 12.3. The summed E-state index contributed by atoms with van der Waals surface area (Å²) in [6, 6.07) is 6.63. The molecule has 0 unspecified atom stereocenters. The van der Waals surface area contributed by atoms with E-state index in [0.29, 0.717) is 17.8 Å². The molecule has 0 aliphatic heterocycles. The van der Waals surface area contributed by atoms with Crippen LogP contribution >= 0.6 is 15.9 Å². The van der Waals surface area contributed by atoms with Gasteiger partial charge in [-0.05, 0) is 53.4 Å². The smallest absolute Gasteiger partial charge is 0.244 e. The lowest BCUT2D eigenvalue weighted by atomic mass is 10.2. The summed E-state index contributed by atoms with van der Waals surface area (Å²) in [6.07, 6.45) is 3.99. The van der Waals surface area contributed by atoms with Crippen LogP contribution in [0.1, 0.15) is 18.4 Å². The molecular weight excluding hydrogens is 306 g/mol. The predicted octanol–water partition coefficient (Wildman–Crippen LogP) is 3.26. The first-order valence-electron chi connectivity index (χ1n) is 6.20. The number of aryl methyl sites for hydroxylation is 1. The number of rotatable bonds is 4. The van der Waals surface area contributed by atoms with Crippen LogP contribution in [0.3, 0.4) is 0 Å². The lowest BCUT2D eigenvalue weighted by molar-refractivity contribution is 0.947. The number of nitrogens with zero attached hydrogens (tertiary/aromatic N) is 3. The second-order valence-electron chi connectivity index (χ2n) is 4.69. The molecule has 0 bridgehead atoms. The lowest BCUT2D eigenvalue weighted by Gasteiger charge is -2.09. The number of anilines is 3. The van der Waals surface area contributed by atoms with E-state index in [9.17, 15) is 0 Å². The predicted molar refractivity (Wildman–Crippen MR) is 78.6 cm³/mol. The van der Waals surface area contributed by atoms with Crippen molar-refractivity contribution in [2.24, 2.45) is 0 Å². The monoisotopic (exact) mass is 319 g/mol. The van der Waals surface area contributed by atoms with Gasteiger partial charge < -0.3 is 10.6 Å². The van der Waals surface area contributed by atoms with Gasteiger partial charge in [0.1, 0.15) is 0 Å². The maximum absolute atomic E-state index is 4.40. The van der Waals surface area contributed by atoms with Crippen LogP contribution in [-0.4, -0.2) is 21.2 Å². The normalized spacial score (nSPS) is 14.2. The fraction of sp³-hybridized carbons (Fsp3) is 0.308. The molecule has 0 radical (unpaired) electrons. The zero-order chi connectivity index (χ0) is 13.2. The Balaban J connectivity index is 1.78. The van der Waals surface area contributed by atoms with Gasteiger partial charge in [-0.25, -0.2) is 0 Å². The second-order valence-corrected chi connectivity index (χ2v) is 5.55. The van der Waals surface area contributed by atoms with E-state index in [0.717, 1.165) is 10.2 Å². The van der Waals surface area contributed by atoms with E-state index < -0.39 is 0 Å². The van der Waals surface area contributed by atoms with Gasteiger partial charge in [-0.15, -0.1) is 5.10 Å². The Morgan fingerprint density at radius 1 is 1.32 bits per heavy atom. The first-order chi connectivity index (χ1) is 9.20. The van der Waals surface area contributed by atoms with Crippen molar-refractivity contribution in [1.29, 1.82) is 0 Å². The van der Waals surface area contributed by atoms with Crippen molar-refractivity contribution in [2.75, 3.05) is 10.6 Å². The highest BCUT2D eigenvalue weighted by molar-refractivity contribution is 9.10. The van der Waals surface area contributed by atoms with Crippen molar-refractivity contribution in [3.63, 3.8) is 0 Å². The molecule has 1 aromatic carbocycles. The van der Waals surface area contributed by atoms with Crippen LogP contribution in [0.25, 0.3) is 0 Å². The summed E-state index contributed by atoms with van der Waals surface area (Å²) in [5.41, 5.74) is 2.16. The van der Waals surface area contributed by atoms with Gasteiger partial charge in [-0.3, -0.25) is 0 Å². The Kier molecular flexibility index (Phi) is 3.33. The third kappa shape index (κ3) is 3.20. The average molecular weight is 320 g/mol. The summed E-state index contributed by atoms with van der Waals surface area (Å²) in [5.74, 6) is 1.26. The van der Waals surface area contributed by atoms with Crippen molar-refractivity contribution >= 4 is 33.4 Å². The average Bonchev–Trinajstić information content (AvgIpc) is 3.17. The molecule has 1 aromatic heterocycles. The minimum absolute atomic E-state index is 0.517. The number of nitrogens with one attached hydrogen (secondary N) is 2. The number of halogens is 1. The molecular formula is C13H14BrN5. The Labute approximate surface area is 120 Å². The van der Waals surface area contributed by atoms with E-state index >= 15 is 0 Å². The van der Waals surface area contributed by atoms with Crippen molar-refractivity contribution < 1.29 is 0 Å². The quantitative estimate of drug-likeness (QED) is 0.905. The van der Waals surface area contributed by atoms with Crippen LogP contribution < -0.4 is 10.6 Å². The number of hydrogen-bond acceptors (Lipinski definition) is 5. The van der Waals surface area contributed by atoms with E-state index in [2.05, 4.69) is 54.7 Å². The molecule has 2 N–H and O–H groups in total. The molecule has 0 spiro atoms. The topological polar surface area (TPSA) is 62.7 Å². The van der Waals surface area contributed by atoms with Gasteiger partial charge in [0.2, 0.25) is 5.95 Å². The van der Waals surface area contributed by atoms with Crippen molar-refractivity contribution in [2.45, 2.75) is 25.8 Å². The third-order valence-corrected chi connectivity index (χ3v) is 3.51. The van der Waals surface area contributed by atoms with E-state index in [1.165, 1.54) is 18.4 Å². The highest BCUT2D eigenvalue weighted by Gasteiger charge is 2.22. The summed E-state index contributed by atoms with van der Waals surface area (Å²) in [7, 11) is 0. The molecule has 5 nitrogen and oxygen atoms in total. The molecule has 0 amide bonds. The number of benzene rings is 1. The SMILES string of the molecule is Cc1ccc(Nc2cnnc(NC3CC3)n2)c(Br)c1. The summed E-state index contributed by atoms with van der Waals surface area (Å²) in [4.78, 5) is 4.40. The van der Waals surface area contributed by atoms with Gasteiger partial charge in [0, 0.05) is 10.5 Å². The van der Waals surface area contributed by atoms with Gasteiger partial charge in [-0.1, -0.05) is 6.07 Å². The minimum Gasteiger partial charge on any atom is -0.350 e. The zero-order valence-electron chi connectivity index (χ0n) is 10.5. The second kappa shape index (κ2) is 5.13. The summed E-state index contributed by atoms with van der Waals surface area (Å²) in [5, 5.41) is 14.4. The fourth-order valence-corrected chi connectivity index (χ4v) is 2.29. The molecule has 1 fully saturated rings. The van der Waals surface area contributed by atoms with Crippen LogP contribution in [0.4, 0.5) is 17.5 Å². The summed E-state index contributed by atoms with van der Waals surface area (Å²) >= 11 is 3.53. The fourth-order valence-electron chi connectivity index (χ4n) is 1.69. The molecule has 2 aromatic rings. The maximum atomic E-state index is 4.40. The minimum atomic E-state index is 0.517. The molecule has 3 rings (SSSR count). The highest BCUT2D eigenvalue weighted by atomic mass is 79.9.